The first kappa shape index (κ1) is 15.1. The van der Waals surface area contributed by atoms with Crippen molar-refractivity contribution in [3.05, 3.63) is 62.1 Å². The van der Waals surface area contributed by atoms with Gasteiger partial charge in [-0.25, -0.2) is 4.79 Å². The van der Waals surface area contributed by atoms with Crippen molar-refractivity contribution >= 4 is 34.9 Å². The van der Waals surface area contributed by atoms with E-state index in [1.165, 1.54) is 30.3 Å². The summed E-state index contributed by atoms with van der Waals surface area (Å²) in [6.07, 6.45) is 0. The minimum Gasteiger partial charge on any atom is -0.477 e. The second-order valence-electron chi connectivity index (χ2n) is 3.92. The average Bonchev–Trinajstić information content (AvgIpc) is 2.36. The average molecular weight is 328 g/mol. The predicted octanol–water partition coefficient (Wildman–Crippen LogP) is 4.39. The van der Waals surface area contributed by atoms with Crippen LogP contribution in [-0.4, -0.2) is 16.0 Å². The standard InChI is InChI=1S/C13H7Cl2NO5/c14-7-4-8(15)6-9(5-7)21-11-3-1-2-10(13(17)18)12(11)16(19)20/h1-6H,(H,17,18). The Bertz CT molecular complexity index is 712. The Morgan fingerprint density at radius 1 is 1.19 bits per heavy atom. The molecule has 0 unspecified atom stereocenters. The molecule has 0 fully saturated rings. The van der Waals surface area contributed by atoms with Crippen LogP contribution in [0.1, 0.15) is 10.4 Å². The van der Waals surface area contributed by atoms with Crippen molar-refractivity contribution in [3.8, 4) is 11.5 Å². The highest BCUT2D eigenvalue weighted by Gasteiger charge is 2.25. The molecule has 2 aromatic rings. The van der Waals surface area contributed by atoms with Crippen LogP contribution in [0, 0.1) is 10.1 Å². The number of nitrogens with zero attached hydrogens (tertiary/aromatic N) is 1. The highest BCUT2D eigenvalue weighted by atomic mass is 35.5. The number of nitro benzene ring substituents is 1. The first-order chi connectivity index (χ1) is 9.88. The number of para-hydroxylation sites is 1. The molecule has 0 saturated carbocycles. The van der Waals surface area contributed by atoms with Gasteiger partial charge in [0.25, 0.3) is 0 Å². The number of carboxylic acids is 1. The van der Waals surface area contributed by atoms with Crippen molar-refractivity contribution < 1.29 is 19.6 Å². The number of hydrogen-bond acceptors (Lipinski definition) is 4. The van der Waals surface area contributed by atoms with Crippen LogP contribution in [0.2, 0.25) is 10.0 Å². The molecule has 8 heteroatoms. The number of rotatable bonds is 4. The van der Waals surface area contributed by atoms with Gasteiger partial charge in [-0.05, 0) is 30.3 Å². The van der Waals surface area contributed by atoms with E-state index in [-0.39, 0.29) is 21.5 Å². The molecule has 0 heterocycles. The van der Waals surface area contributed by atoms with E-state index in [2.05, 4.69) is 0 Å². The molecule has 0 spiro atoms. The van der Waals surface area contributed by atoms with Crippen LogP contribution in [0.3, 0.4) is 0 Å². The minimum atomic E-state index is -1.42. The summed E-state index contributed by atoms with van der Waals surface area (Å²) in [5, 5.41) is 20.6. The smallest absolute Gasteiger partial charge is 0.342 e. The van der Waals surface area contributed by atoms with Gasteiger partial charge in [0, 0.05) is 10.0 Å². The maximum Gasteiger partial charge on any atom is 0.342 e. The van der Waals surface area contributed by atoms with E-state index >= 15 is 0 Å². The molecule has 0 aliphatic rings. The lowest BCUT2D eigenvalue weighted by Crippen LogP contribution is -2.04. The van der Waals surface area contributed by atoms with Gasteiger partial charge in [0.2, 0.25) is 5.75 Å². The largest absolute Gasteiger partial charge is 0.477 e. The summed E-state index contributed by atoms with van der Waals surface area (Å²) in [4.78, 5) is 21.3. The van der Waals surface area contributed by atoms with Crippen molar-refractivity contribution in [1.29, 1.82) is 0 Å². The third-order valence-electron chi connectivity index (χ3n) is 2.48. The topological polar surface area (TPSA) is 89.7 Å². The fraction of sp³-hybridized carbons (Fsp3) is 0. The molecular weight excluding hydrogens is 321 g/mol. The van der Waals surface area contributed by atoms with Gasteiger partial charge >= 0.3 is 11.7 Å². The normalized spacial score (nSPS) is 10.2. The summed E-state index contributed by atoms with van der Waals surface area (Å²) in [5.74, 6) is -1.47. The number of aromatic carboxylic acids is 1. The zero-order valence-corrected chi connectivity index (χ0v) is 11.8. The van der Waals surface area contributed by atoms with E-state index in [4.69, 9.17) is 33.0 Å². The fourth-order valence-electron chi connectivity index (χ4n) is 1.68. The first-order valence-electron chi connectivity index (χ1n) is 5.53. The van der Waals surface area contributed by atoms with Crippen molar-refractivity contribution in [2.75, 3.05) is 0 Å². The van der Waals surface area contributed by atoms with Crippen LogP contribution >= 0.6 is 23.2 Å². The second-order valence-corrected chi connectivity index (χ2v) is 4.79. The van der Waals surface area contributed by atoms with E-state index in [1.54, 1.807) is 0 Å². The molecule has 108 valence electrons. The van der Waals surface area contributed by atoms with E-state index in [9.17, 15) is 14.9 Å². The fourth-order valence-corrected chi connectivity index (χ4v) is 2.19. The number of hydrogen-bond donors (Lipinski definition) is 1. The summed E-state index contributed by atoms with van der Waals surface area (Å²) < 4.78 is 5.35. The Labute approximate surface area is 128 Å². The Hall–Kier alpha value is -2.31. The summed E-state index contributed by atoms with van der Waals surface area (Å²) in [7, 11) is 0. The molecule has 21 heavy (non-hydrogen) atoms. The van der Waals surface area contributed by atoms with Crippen LogP contribution < -0.4 is 4.74 Å². The van der Waals surface area contributed by atoms with Gasteiger partial charge < -0.3 is 9.84 Å². The van der Waals surface area contributed by atoms with Crippen molar-refractivity contribution in [2.45, 2.75) is 0 Å². The molecule has 0 aliphatic heterocycles. The molecule has 0 saturated heterocycles. The van der Waals surface area contributed by atoms with Crippen LogP contribution in [0.5, 0.6) is 11.5 Å². The molecule has 2 aromatic carbocycles. The summed E-state index contributed by atoms with van der Waals surface area (Å²) in [6.45, 7) is 0. The predicted molar refractivity (Wildman–Crippen MR) is 76.6 cm³/mol. The lowest BCUT2D eigenvalue weighted by atomic mass is 10.1. The minimum absolute atomic E-state index is 0.165. The first-order valence-corrected chi connectivity index (χ1v) is 6.28. The third-order valence-corrected chi connectivity index (χ3v) is 2.91. The van der Waals surface area contributed by atoms with Crippen LogP contribution in [0.4, 0.5) is 5.69 Å². The van der Waals surface area contributed by atoms with E-state index in [0.29, 0.717) is 0 Å². The molecule has 0 aliphatic carbocycles. The zero-order valence-electron chi connectivity index (χ0n) is 10.2. The number of carbonyl (C=O) groups is 1. The molecule has 0 radical (unpaired) electrons. The van der Waals surface area contributed by atoms with E-state index in [0.717, 1.165) is 6.07 Å². The Kier molecular flexibility index (Phi) is 4.30. The highest BCUT2D eigenvalue weighted by Crippen LogP contribution is 2.36. The van der Waals surface area contributed by atoms with E-state index in [1.807, 2.05) is 0 Å². The van der Waals surface area contributed by atoms with Gasteiger partial charge in [0.1, 0.15) is 11.3 Å². The molecule has 0 bridgehead atoms. The molecule has 1 N–H and O–H groups in total. The van der Waals surface area contributed by atoms with Gasteiger partial charge in [0.15, 0.2) is 0 Å². The quantitative estimate of drug-likeness (QED) is 0.664. The molecule has 6 nitrogen and oxygen atoms in total. The lowest BCUT2D eigenvalue weighted by Gasteiger charge is -2.08. The van der Waals surface area contributed by atoms with Crippen molar-refractivity contribution in [2.24, 2.45) is 0 Å². The monoisotopic (exact) mass is 327 g/mol. The van der Waals surface area contributed by atoms with Crippen molar-refractivity contribution in [1.82, 2.24) is 0 Å². The summed E-state index contributed by atoms with van der Waals surface area (Å²) in [5.41, 5.74) is -1.10. The maximum atomic E-state index is 11.1. The molecular formula is C13H7Cl2NO5. The van der Waals surface area contributed by atoms with E-state index < -0.39 is 22.1 Å². The summed E-state index contributed by atoms with van der Waals surface area (Å²) in [6, 6.07) is 8.04. The Morgan fingerprint density at radius 2 is 1.81 bits per heavy atom. The van der Waals surface area contributed by atoms with Gasteiger partial charge in [-0.1, -0.05) is 29.3 Å². The van der Waals surface area contributed by atoms with Crippen LogP contribution in [0.25, 0.3) is 0 Å². The number of benzene rings is 2. The summed E-state index contributed by atoms with van der Waals surface area (Å²) >= 11 is 11.6. The van der Waals surface area contributed by atoms with Crippen LogP contribution in [-0.2, 0) is 0 Å². The number of halogens is 2. The lowest BCUT2D eigenvalue weighted by molar-refractivity contribution is -0.386. The maximum absolute atomic E-state index is 11.1. The van der Waals surface area contributed by atoms with Gasteiger partial charge in [-0.2, -0.15) is 0 Å². The second kappa shape index (κ2) is 5.99. The van der Waals surface area contributed by atoms with Gasteiger partial charge in [-0.3, -0.25) is 10.1 Å². The molecule has 0 amide bonds. The number of nitro groups is 1. The molecule has 2 rings (SSSR count). The highest BCUT2D eigenvalue weighted by molar-refractivity contribution is 6.34. The van der Waals surface area contributed by atoms with Crippen LogP contribution in [0.15, 0.2) is 36.4 Å². The Balaban J connectivity index is 2.51. The molecule has 0 aromatic heterocycles. The SMILES string of the molecule is O=C(O)c1cccc(Oc2cc(Cl)cc(Cl)c2)c1[N+](=O)[O-]. The van der Waals surface area contributed by atoms with Gasteiger partial charge in [-0.15, -0.1) is 0 Å². The zero-order chi connectivity index (χ0) is 15.6. The molecule has 0 atom stereocenters. The number of ether oxygens (including phenoxy) is 1. The van der Waals surface area contributed by atoms with Gasteiger partial charge in [0.05, 0.1) is 4.92 Å². The van der Waals surface area contributed by atoms with Crippen molar-refractivity contribution in [3.63, 3.8) is 0 Å². The Morgan fingerprint density at radius 3 is 2.33 bits per heavy atom. The number of carboxylic acid groups (broad SMARTS) is 1. The third kappa shape index (κ3) is 3.42.